The summed E-state index contributed by atoms with van der Waals surface area (Å²) in [7, 11) is 0. The maximum absolute atomic E-state index is 12.6. The van der Waals surface area contributed by atoms with Crippen molar-refractivity contribution in [1.29, 1.82) is 0 Å². The van der Waals surface area contributed by atoms with Crippen molar-refractivity contribution < 1.29 is 14.1 Å². The molecule has 6 nitrogen and oxygen atoms in total. The first-order valence-electron chi connectivity index (χ1n) is 9.85. The van der Waals surface area contributed by atoms with E-state index in [0.717, 1.165) is 70.5 Å². The molecule has 1 saturated carbocycles. The second-order valence-electron chi connectivity index (χ2n) is 8.13. The number of hydrogen-bond donors (Lipinski definition) is 0. The highest BCUT2D eigenvalue weighted by Gasteiger charge is 2.42. The van der Waals surface area contributed by atoms with Gasteiger partial charge in [0.25, 0.3) is 0 Å². The summed E-state index contributed by atoms with van der Waals surface area (Å²) in [6, 6.07) is 0. The molecule has 138 valence electrons. The molecule has 0 aromatic carbocycles. The minimum atomic E-state index is -0.0475. The highest BCUT2D eigenvalue weighted by atomic mass is 16.5. The molecule has 0 bridgehead atoms. The first-order valence-corrected chi connectivity index (χ1v) is 9.85. The van der Waals surface area contributed by atoms with E-state index in [1.165, 1.54) is 12.8 Å². The molecule has 1 atom stereocenters. The van der Waals surface area contributed by atoms with E-state index in [0.29, 0.717) is 17.7 Å². The van der Waals surface area contributed by atoms with Crippen molar-refractivity contribution in [2.75, 3.05) is 19.7 Å². The summed E-state index contributed by atoms with van der Waals surface area (Å²) >= 11 is 0. The van der Waals surface area contributed by atoms with E-state index in [2.05, 4.69) is 15.0 Å². The number of hydrogen-bond acceptors (Lipinski definition) is 5. The van der Waals surface area contributed by atoms with Crippen LogP contribution < -0.4 is 0 Å². The van der Waals surface area contributed by atoms with Gasteiger partial charge in [0.2, 0.25) is 11.8 Å². The van der Waals surface area contributed by atoms with Crippen LogP contribution in [0.25, 0.3) is 0 Å². The molecule has 3 heterocycles. The average Bonchev–Trinajstić information content (AvgIpc) is 3.27. The van der Waals surface area contributed by atoms with Crippen LogP contribution in [-0.4, -0.2) is 46.2 Å². The zero-order valence-electron chi connectivity index (χ0n) is 15.2. The molecule has 0 N–H and O–H groups in total. The normalized spacial score (nSPS) is 27.1. The Hall–Kier alpha value is -1.43. The third kappa shape index (κ3) is 3.73. The van der Waals surface area contributed by atoms with Gasteiger partial charge in [-0.15, -0.1) is 0 Å². The predicted molar refractivity (Wildman–Crippen MR) is 91.9 cm³/mol. The van der Waals surface area contributed by atoms with Crippen molar-refractivity contribution in [2.45, 2.75) is 70.3 Å². The SMILES string of the molecule is Cc1nc(CC2CCOC3(CCN(C(=O)C4CCCC4)CC3)C2)no1. The Labute approximate surface area is 149 Å². The zero-order chi connectivity index (χ0) is 17.3. The van der Waals surface area contributed by atoms with Crippen LogP contribution >= 0.6 is 0 Å². The van der Waals surface area contributed by atoms with Gasteiger partial charge in [-0.25, -0.2) is 0 Å². The van der Waals surface area contributed by atoms with E-state index >= 15 is 0 Å². The highest BCUT2D eigenvalue weighted by Crippen LogP contribution is 2.39. The number of carbonyl (C=O) groups is 1. The number of piperidine rings is 1. The van der Waals surface area contributed by atoms with Crippen molar-refractivity contribution in [1.82, 2.24) is 15.0 Å². The second-order valence-corrected chi connectivity index (χ2v) is 8.13. The van der Waals surface area contributed by atoms with Crippen molar-refractivity contribution in [3.63, 3.8) is 0 Å². The van der Waals surface area contributed by atoms with Gasteiger partial charge in [-0.1, -0.05) is 18.0 Å². The Morgan fingerprint density at radius 3 is 2.68 bits per heavy atom. The number of carbonyl (C=O) groups excluding carboxylic acids is 1. The van der Waals surface area contributed by atoms with Gasteiger partial charge in [0.1, 0.15) is 0 Å². The van der Waals surface area contributed by atoms with E-state index in [1.807, 2.05) is 6.92 Å². The van der Waals surface area contributed by atoms with Crippen LogP contribution in [0.4, 0.5) is 0 Å². The Morgan fingerprint density at radius 1 is 1.24 bits per heavy atom. The van der Waals surface area contributed by atoms with Crippen LogP contribution in [0.2, 0.25) is 0 Å². The molecular weight excluding hydrogens is 318 g/mol. The quantitative estimate of drug-likeness (QED) is 0.841. The molecule has 1 amide bonds. The molecule has 1 spiro atoms. The first-order chi connectivity index (χ1) is 12.1. The molecule has 1 aliphatic carbocycles. The molecule has 0 radical (unpaired) electrons. The van der Waals surface area contributed by atoms with Gasteiger partial charge >= 0.3 is 0 Å². The minimum Gasteiger partial charge on any atom is -0.375 e. The van der Waals surface area contributed by atoms with E-state index in [9.17, 15) is 4.79 Å². The lowest BCUT2D eigenvalue weighted by molar-refractivity contribution is -0.150. The van der Waals surface area contributed by atoms with Crippen molar-refractivity contribution in [2.24, 2.45) is 11.8 Å². The summed E-state index contributed by atoms with van der Waals surface area (Å²) in [6.07, 6.45) is 9.51. The van der Waals surface area contributed by atoms with Gasteiger partial charge in [0.05, 0.1) is 5.60 Å². The summed E-state index contributed by atoms with van der Waals surface area (Å²) in [5.74, 6) is 2.67. The van der Waals surface area contributed by atoms with Crippen LogP contribution in [0.15, 0.2) is 4.52 Å². The largest absolute Gasteiger partial charge is 0.375 e. The van der Waals surface area contributed by atoms with Crippen LogP contribution in [0.1, 0.15) is 63.1 Å². The fraction of sp³-hybridized carbons (Fsp3) is 0.842. The van der Waals surface area contributed by atoms with Crippen molar-refractivity contribution >= 4 is 5.91 Å². The van der Waals surface area contributed by atoms with Gasteiger partial charge in [-0.05, 0) is 44.4 Å². The maximum atomic E-state index is 12.6. The summed E-state index contributed by atoms with van der Waals surface area (Å²) < 4.78 is 11.3. The third-order valence-electron chi connectivity index (χ3n) is 6.33. The van der Waals surface area contributed by atoms with Crippen LogP contribution in [-0.2, 0) is 16.0 Å². The van der Waals surface area contributed by atoms with Gasteiger partial charge < -0.3 is 14.2 Å². The van der Waals surface area contributed by atoms with E-state index in [-0.39, 0.29) is 11.5 Å². The van der Waals surface area contributed by atoms with E-state index in [1.54, 1.807) is 0 Å². The standard InChI is InChI=1S/C19H29N3O3/c1-14-20-17(21-25-14)12-15-6-11-24-19(13-15)7-9-22(10-8-19)18(23)16-4-2-3-5-16/h15-16H,2-13H2,1H3. The van der Waals surface area contributed by atoms with Gasteiger partial charge in [0.15, 0.2) is 5.82 Å². The smallest absolute Gasteiger partial charge is 0.225 e. The number of ether oxygens (including phenoxy) is 1. The van der Waals surface area contributed by atoms with Gasteiger partial charge in [-0.3, -0.25) is 4.79 Å². The maximum Gasteiger partial charge on any atom is 0.225 e. The molecule has 1 unspecified atom stereocenters. The number of aromatic nitrogens is 2. The molecular formula is C19H29N3O3. The Kier molecular flexibility index (Phi) is 4.80. The molecule has 25 heavy (non-hydrogen) atoms. The third-order valence-corrected chi connectivity index (χ3v) is 6.33. The zero-order valence-corrected chi connectivity index (χ0v) is 15.2. The first kappa shape index (κ1) is 17.0. The average molecular weight is 347 g/mol. The summed E-state index contributed by atoms with van der Waals surface area (Å²) in [5.41, 5.74) is -0.0475. The number of likely N-dealkylation sites (tertiary alicyclic amines) is 1. The Bertz CT molecular complexity index is 601. The van der Waals surface area contributed by atoms with Crippen molar-refractivity contribution in [3.8, 4) is 0 Å². The van der Waals surface area contributed by atoms with Crippen LogP contribution in [0, 0.1) is 18.8 Å². The monoisotopic (exact) mass is 347 g/mol. The second kappa shape index (κ2) is 7.06. The highest BCUT2D eigenvalue weighted by molar-refractivity contribution is 5.79. The number of nitrogens with zero attached hydrogens (tertiary/aromatic N) is 3. The van der Waals surface area contributed by atoms with Crippen molar-refractivity contribution in [3.05, 3.63) is 11.7 Å². The predicted octanol–water partition coefficient (Wildman–Crippen LogP) is 2.90. The molecule has 2 aliphatic heterocycles. The number of aryl methyl sites for hydroxylation is 1. The topological polar surface area (TPSA) is 68.5 Å². The summed E-state index contributed by atoms with van der Waals surface area (Å²) in [5, 5.41) is 4.04. The Balaban J connectivity index is 1.32. The molecule has 3 fully saturated rings. The molecule has 1 aromatic heterocycles. The lowest BCUT2D eigenvalue weighted by Gasteiger charge is -2.46. The molecule has 4 rings (SSSR count). The Morgan fingerprint density at radius 2 is 2.00 bits per heavy atom. The fourth-order valence-corrected chi connectivity index (χ4v) is 4.90. The fourth-order valence-electron chi connectivity index (χ4n) is 4.90. The van der Waals surface area contributed by atoms with Gasteiger partial charge in [-0.2, -0.15) is 4.98 Å². The number of amides is 1. The molecule has 3 aliphatic rings. The minimum absolute atomic E-state index is 0.0475. The van der Waals surface area contributed by atoms with E-state index in [4.69, 9.17) is 9.26 Å². The lowest BCUT2D eigenvalue weighted by atomic mass is 9.78. The lowest BCUT2D eigenvalue weighted by Crippen LogP contribution is -2.51. The van der Waals surface area contributed by atoms with Crippen LogP contribution in [0.3, 0.4) is 0 Å². The van der Waals surface area contributed by atoms with E-state index < -0.39 is 0 Å². The van der Waals surface area contributed by atoms with Gasteiger partial charge in [0, 0.05) is 39.0 Å². The molecule has 1 aromatic rings. The summed E-state index contributed by atoms with van der Waals surface area (Å²) in [6.45, 7) is 4.34. The van der Waals surface area contributed by atoms with Crippen LogP contribution in [0.5, 0.6) is 0 Å². The molecule has 2 saturated heterocycles. The number of rotatable bonds is 3. The summed E-state index contributed by atoms with van der Waals surface area (Å²) in [4.78, 5) is 19.1. The molecule has 6 heteroatoms.